The van der Waals surface area contributed by atoms with E-state index in [0.717, 1.165) is 0 Å². The topological polar surface area (TPSA) is 76.4 Å². The molecule has 1 atom stereocenters. The van der Waals surface area contributed by atoms with Crippen LogP contribution in [-0.2, 0) is 19.1 Å². The summed E-state index contributed by atoms with van der Waals surface area (Å²) in [5.41, 5.74) is 0.748. The third-order valence-corrected chi connectivity index (χ3v) is 2.85. The van der Waals surface area contributed by atoms with E-state index >= 15 is 0 Å². The Labute approximate surface area is 106 Å². The summed E-state index contributed by atoms with van der Waals surface area (Å²) in [5, 5.41) is 8.99. The van der Waals surface area contributed by atoms with Gasteiger partial charge in [0.05, 0.1) is 19.1 Å². The summed E-state index contributed by atoms with van der Waals surface area (Å²) in [5.74, 6) is -1.09. The Morgan fingerprint density at radius 3 is 2.56 bits per heavy atom. The van der Waals surface area contributed by atoms with Crippen LogP contribution in [0.15, 0.2) is 11.1 Å². The van der Waals surface area contributed by atoms with Gasteiger partial charge in [0.1, 0.15) is 11.6 Å². The van der Waals surface area contributed by atoms with Crippen molar-refractivity contribution < 1.29 is 19.1 Å². The van der Waals surface area contributed by atoms with Crippen LogP contribution in [0.4, 0.5) is 0 Å². The molecule has 5 nitrogen and oxygen atoms in total. The average molecular weight is 251 g/mol. The molecule has 0 saturated heterocycles. The quantitative estimate of drug-likeness (QED) is 0.432. The zero-order valence-electron chi connectivity index (χ0n) is 10.7. The van der Waals surface area contributed by atoms with Gasteiger partial charge in [-0.1, -0.05) is 0 Å². The molecule has 1 rings (SSSR count). The van der Waals surface area contributed by atoms with Gasteiger partial charge in [0.15, 0.2) is 0 Å². The first kappa shape index (κ1) is 14.2. The Balaban J connectivity index is 2.76. The molecule has 0 aliphatic heterocycles. The van der Waals surface area contributed by atoms with Gasteiger partial charge in [0.25, 0.3) is 0 Å². The molecule has 0 amide bonds. The first-order valence-corrected chi connectivity index (χ1v) is 6.09. The van der Waals surface area contributed by atoms with E-state index in [1.54, 1.807) is 13.8 Å². The molecule has 0 spiro atoms. The predicted octanol–water partition coefficient (Wildman–Crippen LogP) is 1.73. The van der Waals surface area contributed by atoms with Crippen LogP contribution in [0.5, 0.6) is 0 Å². The van der Waals surface area contributed by atoms with Crippen molar-refractivity contribution in [3.8, 4) is 6.07 Å². The molecular formula is C13H17NO4. The summed E-state index contributed by atoms with van der Waals surface area (Å²) in [6.45, 7) is 4.02. The Morgan fingerprint density at radius 1 is 1.33 bits per heavy atom. The van der Waals surface area contributed by atoms with Crippen molar-refractivity contribution in [1.82, 2.24) is 0 Å². The summed E-state index contributed by atoms with van der Waals surface area (Å²) in [6.07, 6.45) is 1.62. The van der Waals surface area contributed by atoms with E-state index in [9.17, 15) is 9.59 Å². The van der Waals surface area contributed by atoms with Crippen molar-refractivity contribution in [3.05, 3.63) is 11.1 Å². The highest BCUT2D eigenvalue weighted by atomic mass is 16.5. The van der Waals surface area contributed by atoms with Gasteiger partial charge in [-0.3, -0.25) is 4.79 Å². The van der Waals surface area contributed by atoms with E-state index in [4.69, 9.17) is 14.7 Å². The lowest BCUT2D eigenvalue weighted by Gasteiger charge is -2.07. The SMILES string of the molecule is CCOC(=O)/C(C#N)=C1/CCC(C(=O)OCC)C1. The monoisotopic (exact) mass is 251 g/mol. The lowest BCUT2D eigenvalue weighted by atomic mass is 10.1. The minimum absolute atomic E-state index is 0.0450. The third-order valence-electron chi connectivity index (χ3n) is 2.85. The molecule has 0 aromatic rings. The first-order valence-electron chi connectivity index (χ1n) is 6.09. The van der Waals surface area contributed by atoms with Crippen molar-refractivity contribution in [2.45, 2.75) is 33.1 Å². The van der Waals surface area contributed by atoms with Crippen LogP contribution in [0.25, 0.3) is 0 Å². The Morgan fingerprint density at radius 2 is 2.00 bits per heavy atom. The van der Waals surface area contributed by atoms with Crippen molar-refractivity contribution in [2.75, 3.05) is 13.2 Å². The van der Waals surface area contributed by atoms with Gasteiger partial charge in [-0.2, -0.15) is 5.26 Å². The minimum atomic E-state index is -0.598. The van der Waals surface area contributed by atoms with E-state index in [0.29, 0.717) is 31.4 Å². The molecule has 98 valence electrons. The largest absolute Gasteiger partial charge is 0.466 e. The van der Waals surface area contributed by atoms with E-state index in [-0.39, 0.29) is 24.1 Å². The van der Waals surface area contributed by atoms with E-state index in [1.807, 2.05) is 6.07 Å². The highest BCUT2D eigenvalue weighted by molar-refractivity contribution is 5.94. The second-order valence-electron chi connectivity index (χ2n) is 4.00. The predicted molar refractivity (Wildman–Crippen MR) is 63.2 cm³/mol. The van der Waals surface area contributed by atoms with Crippen LogP contribution >= 0.6 is 0 Å². The highest BCUT2D eigenvalue weighted by Crippen LogP contribution is 2.33. The molecule has 0 aromatic carbocycles. The highest BCUT2D eigenvalue weighted by Gasteiger charge is 2.30. The second-order valence-corrected chi connectivity index (χ2v) is 4.00. The molecule has 0 aromatic heterocycles. The maximum Gasteiger partial charge on any atom is 0.348 e. The molecule has 5 heteroatoms. The van der Waals surface area contributed by atoms with Gasteiger partial charge >= 0.3 is 11.9 Å². The van der Waals surface area contributed by atoms with E-state index in [1.165, 1.54) is 0 Å². The third kappa shape index (κ3) is 3.33. The molecule has 0 bridgehead atoms. The van der Waals surface area contributed by atoms with Crippen LogP contribution in [0, 0.1) is 17.2 Å². The molecular weight excluding hydrogens is 234 g/mol. The van der Waals surface area contributed by atoms with Gasteiger partial charge < -0.3 is 9.47 Å². The molecule has 18 heavy (non-hydrogen) atoms. The summed E-state index contributed by atoms with van der Waals surface area (Å²) >= 11 is 0. The lowest BCUT2D eigenvalue weighted by molar-refractivity contribution is -0.147. The smallest absolute Gasteiger partial charge is 0.348 e. The number of hydrogen-bond acceptors (Lipinski definition) is 5. The Bertz CT molecular complexity index is 406. The average Bonchev–Trinajstić information content (AvgIpc) is 2.80. The van der Waals surface area contributed by atoms with Gasteiger partial charge in [0, 0.05) is 0 Å². The van der Waals surface area contributed by atoms with Crippen LogP contribution in [0.1, 0.15) is 33.1 Å². The molecule has 1 aliphatic carbocycles. The zero-order chi connectivity index (χ0) is 13.5. The second kappa shape index (κ2) is 6.80. The van der Waals surface area contributed by atoms with Crippen LogP contribution in [0.2, 0.25) is 0 Å². The minimum Gasteiger partial charge on any atom is -0.466 e. The number of nitriles is 1. The number of esters is 2. The molecule has 0 N–H and O–H groups in total. The summed E-state index contributed by atoms with van der Waals surface area (Å²) in [7, 11) is 0. The van der Waals surface area contributed by atoms with Gasteiger partial charge in [-0.15, -0.1) is 0 Å². The molecule has 0 radical (unpaired) electrons. The fraction of sp³-hybridized carbons (Fsp3) is 0.615. The fourth-order valence-electron chi connectivity index (χ4n) is 2.01. The Hall–Kier alpha value is -1.83. The van der Waals surface area contributed by atoms with Gasteiger partial charge in [-0.05, 0) is 38.7 Å². The van der Waals surface area contributed by atoms with Crippen LogP contribution in [-0.4, -0.2) is 25.2 Å². The number of ether oxygens (including phenoxy) is 2. The van der Waals surface area contributed by atoms with Gasteiger partial charge in [0.2, 0.25) is 0 Å². The van der Waals surface area contributed by atoms with Crippen molar-refractivity contribution in [1.29, 1.82) is 5.26 Å². The molecule has 1 saturated carbocycles. The number of carbonyl (C=O) groups excluding carboxylic acids is 2. The fourth-order valence-corrected chi connectivity index (χ4v) is 2.01. The van der Waals surface area contributed by atoms with Gasteiger partial charge in [-0.25, -0.2) is 4.79 Å². The van der Waals surface area contributed by atoms with E-state index < -0.39 is 5.97 Å². The normalized spacial score (nSPS) is 21.1. The van der Waals surface area contributed by atoms with Crippen molar-refractivity contribution in [3.63, 3.8) is 0 Å². The molecule has 1 unspecified atom stereocenters. The maximum atomic E-state index is 11.6. The molecule has 1 fully saturated rings. The zero-order valence-corrected chi connectivity index (χ0v) is 10.7. The van der Waals surface area contributed by atoms with Crippen LogP contribution < -0.4 is 0 Å². The van der Waals surface area contributed by atoms with Crippen molar-refractivity contribution >= 4 is 11.9 Å². The van der Waals surface area contributed by atoms with E-state index in [2.05, 4.69) is 0 Å². The maximum absolute atomic E-state index is 11.6. The Kier molecular flexibility index (Phi) is 5.37. The number of carbonyl (C=O) groups is 2. The summed E-state index contributed by atoms with van der Waals surface area (Å²) < 4.78 is 9.75. The lowest BCUT2D eigenvalue weighted by Crippen LogP contribution is -2.14. The van der Waals surface area contributed by atoms with Crippen molar-refractivity contribution in [2.24, 2.45) is 5.92 Å². The summed E-state index contributed by atoms with van der Waals surface area (Å²) in [6, 6.07) is 1.87. The number of allylic oxidation sites excluding steroid dienone is 1. The number of hydrogen-bond donors (Lipinski definition) is 0. The first-order chi connectivity index (χ1) is 8.63. The van der Waals surface area contributed by atoms with Crippen LogP contribution in [0.3, 0.4) is 0 Å². The number of nitrogens with zero attached hydrogens (tertiary/aromatic N) is 1. The summed E-state index contributed by atoms with van der Waals surface area (Å²) in [4.78, 5) is 23.1. The molecule has 1 aliphatic rings. The molecule has 0 heterocycles. The number of rotatable bonds is 4. The standard InChI is InChI=1S/C13H17NO4/c1-3-17-12(15)10-6-5-9(7-10)11(8-14)13(16)18-4-2/h10H,3-7H2,1-2H3/b11-9-.